The molecule has 2 atom stereocenters. The zero-order chi connectivity index (χ0) is 17.0. The molecule has 2 N–H and O–H groups in total. The lowest BCUT2D eigenvalue weighted by Crippen LogP contribution is -2.56. The van der Waals surface area contributed by atoms with Gasteiger partial charge in [-0.3, -0.25) is 4.79 Å². The molecular formula is C18H27NO3S. The van der Waals surface area contributed by atoms with Gasteiger partial charge in [-0.2, -0.15) is 0 Å². The Morgan fingerprint density at radius 3 is 2.57 bits per heavy atom. The van der Waals surface area contributed by atoms with Gasteiger partial charge in [-0.05, 0) is 32.3 Å². The molecule has 1 aliphatic heterocycles. The van der Waals surface area contributed by atoms with Gasteiger partial charge in [0.15, 0.2) is 0 Å². The summed E-state index contributed by atoms with van der Waals surface area (Å²) in [5.41, 5.74) is 2.68. The van der Waals surface area contributed by atoms with Crippen molar-refractivity contribution in [3.05, 3.63) is 34.9 Å². The van der Waals surface area contributed by atoms with Crippen molar-refractivity contribution in [3.8, 4) is 0 Å². The van der Waals surface area contributed by atoms with Crippen molar-refractivity contribution in [2.24, 2.45) is 0 Å². The average Bonchev–Trinajstić information content (AvgIpc) is 2.49. The Morgan fingerprint density at radius 2 is 2.00 bits per heavy atom. The van der Waals surface area contributed by atoms with Gasteiger partial charge in [0.2, 0.25) is 5.91 Å². The van der Waals surface area contributed by atoms with Crippen LogP contribution in [0.5, 0.6) is 0 Å². The summed E-state index contributed by atoms with van der Waals surface area (Å²) < 4.78 is 0. The number of aryl methyl sites for hydroxylation is 2. The SMILES string of the molecule is CC[C@@]1(O)CCN(C(=O)CSCc2cc(C)cc(C)c2)C[C@H]1O. The number of carbonyl (C=O) groups is 1. The Bertz CT molecular complexity index is 543. The first-order chi connectivity index (χ1) is 10.8. The molecule has 23 heavy (non-hydrogen) atoms. The summed E-state index contributed by atoms with van der Waals surface area (Å²) in [6, 6.07) is 6.44. The number of aliphatic hydroxyl groups excluding tert-OH is 1. The summed E-state index contributed by atoms with van der Waals surface area (Å²) in [5.74, 6) is 1.25. The predicted octanol–water partition coefficient (Wildman–Crippen LogP) is 2.27. The fourth-order valence-electron chi connectivity index (χ4n) is 3.10. The smallest absolute Gasteiger partial charge is 0.232 e. The molecule has 1 amide bonds. The van der Waals surface area contributed by atoms with Gasteiger partial charge in [0, 0.05) is 18.8 Å². The van der Waals surface area contributed by atoms with Crippen LogP contribution in [-0.4, -0.2) is 51.6 Å². The number of piperidine rings is 1. The summed E-state index contributed by atoms with van der Waals surface area (Å²) in [7, 11) is 0. The van der Waals surface area contributed by atoms with Crippen LogP contribution in [0.15, 0.2) is 18.2 Å². The number of benzene rings is 1. The third-order valence-corrected chi connectivity index (χ3v) is 5.56. The number of β-amino-alcohol motifs (C(OH)–C–C–N with tert-alkyl or cyclic N) is 1. The molecule has 0 bridgehead atoms. The van der Waals surface area contributed by atoms with E-state index in [4.69, 9.17) is 0 Å². The van der Waals surface area contributed by atoms with Crippen molar-refractivity contribution in [1.82, 2.24) is 4.90 Å². The molecule has 2 rings (SSSR count). The van der Waals surface area contributed by atoms with Gasteiger partial charge in [-0.25, -0.2) is 0 Å². The molecule has 0 aromatic heterocycles. The number of thioether (sulfide) groups is 1. The minimum atomic E-state index is -1.04. The lowest BCUT2D eigenvalue weighted by molar-refractivity contribution is -0.147. The summed E-state index contributed by atoms with van der Waals surface area (Å²) >= 11 is 1.60. The zero-order valence-corrected chi connectivity index (χ0v) is 15.0. The normalized spacial score (nSPS) is 24.7. The highest BCUT2D eigenvalue weighted by Gasteiger charge is 2.40. The molecule has 1 aromatic carbocycles. The minimum absolute atomic E-state index is 0.0385. The second-order valence-corrected chi connectivity index (χ2v) is 7.54. The van der Waals surface area contributed by atoms with Crippen LogP contribution in [0.1, 0.15) is 36.5 Å². The second-order valence-electron chi connectivity index (χ2n) is 6.55. The van der Waals surface area contributed by atoms with Crippen LogP contribution in [-0.2, 0) is 10.5 Å². The molecule has 0 saturated carbocycles. The van der Waals surface area contributed by atoms with E-state index < -0.39 is 11.7 Å². The van der Waals surface area contributed by atoms with E-state index in [1.807, 2.05) is 6.92 Å². The minimum Gasteiger partial charge on any atom is -0.388 e. The third-order valence-electron chi connectivity index (χ3n) is 4.57. The highest BCUT2D eigenvalue weighted by molar-refractivity contribution is 7.99. The van der Waals surface area contributed by atoms with Crippen LogP contribution in [0.4, 0.5) is 0 Å². The number of aliphatic hydroxyl groups is 2. The van der Waals surface area contributed by atoms with Gasteiger partial charge in [0.25, 0.3) is 0 Å². The Morgan fingerprint density at radius 1 is 1.35 bits per heavy atom. The maximum Gasteiger partial charge on any atom is 0.232 e. The first-order valence-corrected chi connectivity index (χ1v) is 9.32. The van der Waals surface area contributed by atoms with Crippen LogP contribution in [0.25, 0.3) is 0 Å². The first kappa shape index (κ1) is 18.3. The fraction of sp³-hybridized carbons (Fsp3) is 0.611. The Kier molecular flexibility index (Phi) is 6.12. The summed E-state index contributed by atoms with van der Waals surface area (Å²) in [6.45, 7) is 6.77. The van der Waals surface area contributed by atoms with E-state index in [0.717, 1.165) is 5.75 Å². The summed E-state index contributed by atoms with van der Waals surface area (Å²) in [4.78, 5) is 13.9. The van der Waals surface area contributed by atoms with Crippen LogP contribution >= 0.6 is 11.8 Å². The maximum absolute atomic E-state index is 12.3. The average molecular weight is 337 g/mol. The van der Waals surface area contributed by atoms with Crippen molar-refractivity contribution in [3.63, 3.8) is 0 Å². The molecule has 128 valence electrons. The molecular weight excluding hydrogens is 310 g/mol. The zero-order valence-electron chi connectivity index (χ0n) is 14.2. The second kappa shape index (κ2) is 7.69. The number of rotatable bonds is 5. The number of nitrogens with zero attached hydrogens (tertiary/aromatic N) is 1. The summed E-state index contributed by atoms with van der Waals surface area (Å²) in [6.07, 6.45) is 0.102. The quantitative estimate of drug-likeness (QED) is 0.865. The predicted molar refractivity (Wildman–Crippen MR) is 94.5 cm³/mol. The molecule has 4 nitrogen and oxygen atoms in total. The molecule has 1 saturated heterocycles. The van der Waals surface area contributed by atoms with Gasteiger partial charge in [-0.15, -0.1) is 11.8 Å². The fourth-order valence-corrected chi connectivity index (χ4v) is 3.97. The van der Waals surface area contributed by atoms with Crippen molar-refractivity contribution in [2.45, 2.75) is 51.1 Å². The lowest BCUT2D eigenvalue weighted by atomic mass is 9.86. The summed E-state index contributed by atoms with van der Waals surface area (Å²) in [5, 5.41) is 20.3. The van der Waals surface area contributed by atoms with Gasteiger partial charge >= 0.3 is 0 Å². The highest BCUT2D eigenvalue weighted by Crippen LogP contribution is 2.26. The first-order valence-electron chi connectivity index (χ1n) is 8.17. The van der Waals surface area contributed by atoms with E-state index in [-0.39, 0.29) is 12.5 Å². The third kappa shape index (κ3) is 4.72. The van der Waals surface area contributed by atoms with Crippen molar-refractivity contribution in [2.75, 3.05) is 18.8 Å². The molecule has 5 heteroatoms. The number of likely N-dealkylation sites (tertiary alicyclic amines) is 1. The van der Waals surface area contributed by atoms with Gasteiger partial charge in [0.1, 0.15) is 6.10 Å². The van der Waals surface area contributed by atoms with E-state index in [1.165, 1.54) is 16.7 Å². The van der Waals surface area contributed by atoms with E-state index >= 15 is 0 Å². The maximum atomic E-state index is 12.3. The van der Waals surface area contributed by atoms with Crippen molar-refractivity contribution >= 4 is 17.7 Å². The lowest BCUT2D eigenvalue weighted by Gasteiger charge is -2.41. The molecule has 0 aliphatic carbocycles. The standard InChI is InChI=1S/C18H27NO3S/c1-4-18(22)5-6-19(10-16(18)20)17(21)12-23-11-15-8-13(2)7-14(3)9-15/h7-9,16,20,22H,4-6,10-12H2,1-3H3/t16-,18-/m1/s1. The van der Waals surface area contributed by atoms with Crippen LogP contribution in [0, 0.1) is 13.8 Å². The Labute approximate surface area is 142 Å². The van der Waals surface area contributed by atoms with E-state index in [9.17, 15) is 15.0 Å². The molecule has 1 fully saturated rings. The Hall–Kier alpha value is -1.04. The van der Waals surface area contributed by atoms with E-state index in [1.54, 1.807) is 16.7 Å². The van der Waals surface area contributed by atoms with Gasteiger partial charge < -0.3 is 15.1 Å². The molecule has 0 spiro atoms. The van der Waals surface area contributed by atoms with Crippen LogP contribution in [0.3, 0.4) is 0 Å². The number of hydrogen-bond acceptors (Lipinski definition) is 4. The van der Waals surface area contributed by atoms with Crippen LogP contribution < -0.4 is 0 Å². The number of amides is 1. The largest absolute Gasteiger partial charge is 0.388 e. The highest BCUT2D eigenvalue weighted by atomic mass is 32.2. The molecule has 0 unspecified atom stereocenters. The number of carbonyl (C=O) groups excluding carboxylic acids is 1. The topological polar surface area (TPSA) is 60.8 Å². The molecule has 0 radical (unpaired) electrons. The monoisotopic (exact) mass is 337 g/mol. The van der Waals surface area contributed by atoms with E-state index in [0.29, 0.717) is 25.1 Å². The molecule has 1 heterocycles. The Balaban J connectivity index is 1.81. The molecule has 1 aromatic rings. The van der Waals surface area contributed by atoms with Crippen molar-refractivity contribution < 1.29 is 15.0 Å². The van der Waals surface area contributed by atoms with Crippen molar-refractivity contribution in [1.29, 1.82) is 0 Å². The van der Waals surface area contributed by atoms with E-state index in [2.05, 4.69) is 32.0 Å². The van der Waals surface area contributed by atoms with Gasteiger partial charge in [0.05, 0.1) is 11.4 Å². The molecule has 1 aliphatic rings. The van der Waals surface area contributed by atoms with Crippen LogP contribution in [0.2, 0.25) is 0 Å². The van der Waals surface area contributed by atoms with Gasteiger partial charge in [-0.1, -0.05) is 36.2 Å². The number of hydrogen-bond donors (Lipinski definition) is 2.